The van der Waals surface area contributed by atoms with Crippen molar-refractivity contribution in [3.63, 3.8) is 0 Å². The van der Waals surface area contributed by atoms with Crippen LogP contribution in [0.5, 0.6) is 0 Å². The number of hydrogen-bond donors (Lipinski definition) is 1. The number of likely N-dealkylation sites (tertiary alicyclic amines) is 1. The molecule has 2 aromatic carbocycles. The van der Waals surface area contributed by atoms with Gasteiger partial charge in [0.05, 0.1) is 11.4 Å². The first kappa shape index (κ1) is 20.5. The van der Waals surface area contributed by atoms with Crippen molar-refractivity contribution in [2.24, 2.45) is 0 Å². The van der Waals surface area contributed by atoms with Gasteiger partial charge in [0.25, 0.3) is 5.91 Å². The number of fused-ring (bicyclic) bond motifs is 2. The summed E-state index contributed by atoms with van der Waals surface area (Å²) < 4.78 is 1.84. The third kappa shape index (κ3) is 3.97. The largest absolute Gasteiger partial charge is 0.383 e. The lowest BCUT2D eigenvalue weighted by atomic mass is 10.1. The molecule has 2 N–H and O–H groups in total. The highest BCUT2D eigenvalue weighted by molar-refractivity contribution is 5.93. The van der Waals surface area contributed by atoms with Gasteiger partial charge in [-0.25, -0.2) is 14.6 Å². The van der Waals surface area contributed by atoms with Crippen LogP contribution in [-0.2, 0) is 4.79 Å². The second kappa shape index (κ2) is 8.64. The van der Waals surface area contributed by atoms with Crippen molar-refractivity contribution in [1.29, 1.82) is 0 Å². The summed E-state index contributed by atoms with van der Waals surface area (Å²) in [6, 6.07) is 14.2. The van der Waals surface area contributed by atoms with Crippen molar-refractivity contribution in [2.45, 2.75) is 25.8 Å². The van der Waals surface area contributed by atoms with Gasteiger partial charge in [-0.1, -0.05) is 42.2 Å². The molecule has 1 aliphatic heterocycles. The summed E-state index contributed by atoms with van der Waals surface area (Å²) in [6.07, 6.45) is 3.17. The molecular weight excluding hydrogens is 412 g/mol. The molecule has 1 aliphatic rings. The lowest BCUT2D eigenvalue weighted by Crippen LogP contribution is -2.40. The van der Waals surface area contributed by atoms with E-state index in [4.69, 9.17) is 10.8 Å². The lowest BCUT2D eigenvalue weighted by Gasteiger charge is -2.31. The Balaban J connectivity index is 1.54. The van der Waals surface area contributed by atoms with Gasteiger partial charge in [0.2, 0.25) is 0 Å². The van der Waals surface area contributed by atoms with Gasteiger partial charge in [-0.05, 0) is 54.5 Å². The molecule has 1 amide bonds. The highest BCUT2D eigenvalue weighted by atomic mass is 16.2. The number of aromatic nitrogens is 4. The lowest BCUT2D eigenvalue weighted by molar-refractivity contribution is -0.126. The monoisotopic (exact) mass is 434 g/mol. The maximum absolute atomic E-state index is 12.3. The molecule has 1 atom stereocenters. The third-order valence-electron chi connectivity index (χ3n) is 5.85. The molecular formula is C26H22N6O. The quantitative estimate of drug-likeness (QED) is 0.465. The van der Waals surface area contributed by atoms with Crippen molar-refractivity contribution in [2.75, 3.05) is 18.8 Å². The van der Waals surface area contributed by atoms with Crippen LogP contribution in [0, 0.1) is 23.7 Å². The number of carbonyl (C=O) groups excluding carboxylic acids is 1. The van der Waals surface area contributed by atoms with Crippen LogP contribution in [0.3, 0.4) is 0 Å². The molecule has 0 spiro atoms. The Kier molecular flexibility index (Phi) is 5.38. The van der Waals surface area contributed by atoms with E-state index in [9.17, 15) is 4.79 Å². The molecule has 3 heterocycles. The molecule has 162 valence electrons. The van der Waals surface area contributed by atoms with Gasteiger partial charge >= 0.3 is 0 Å². The maximum atomic E-state index is 12.3. The summed E-state index contributed by atoms with van der Waals surface area (Å²) in [6.45, 7) is 2.88. The highest BCUT2D eigenvalue weighted by Gasteiger charge is 2.27. The standard InChI is InChI=1S/C26H22N6O/c1-2-6-23(33)31-14-5-9-21(16-31)32-26-24(25(27)28-17-29-26)22(30-32)13-11-18-10-12-19-7-3-4-8-20(19)15-18/h3-4,7-8,10,12,15,17,21H,5,9,14,16H2,1H3,(H2,27,28,29)/t21-/m1/s1. The van der Waals surface area contributed by atoms with Crippen LogP contribution in [0.25, 0.3) is 21.8 Å². The zero-order valence-corrected chi connectivity index (χ0v) is 18.2. The number of benzene rings is 2. The number of nitrogens with two attached hydrogens (primary N) is 1. The topological polar surface area (TPSA) is 89.9 Å². The summed E-state index contributed by atoms with van der Waals surface area (Å²) >= 11 is 0. The molecule has 1 fully saturated rings. The predicted octanol–water partition coefficient (Wildman–Crippen LogP) is 3.15. The van der Waals surface area contributed by atoms with Crippen molar-refractivity contribution >= 4 is 33.5 Å². The van der Waals surface area contributed by atoms with Crippen LogP contribution in [-0.4, -0.2) is 43.6 Å². The van der Waals surface area contributed by atoms with Crippen molar-refractivity contribution in [3.8, 4) is 23.7 Å². The number of anilines is 1. The summed E-state index contributed by atoms with van der Waals surface area (Å²) in [5, 5.41) is 7.71. The van der Waals surface area contributed by atoms with Crippen molar-refractivity contribution in [1.82, 2.24) is 24.6 Å². The van der Waals surface area contributed by atoms with E-state index in [2.05, 4.69) is 57.9 Å². The number of hydrogen-bond acceptors (Lipinski definition) is 5. The minimum Gasteiger partial charge on any atom is -0.383 e. The molecule has 4 aromatic rings. The minimum atomic E-state index is -0.163. The van der Waals surface area contributed by atoms with Gasteiger partial charge in [-0.15, -0.1) is 0 Å². The fraction of sp³-hybridized carbons (Fsp3) is 0.231. The van der Waals surface area contributed by atoms with Gasteiger partial charge < -0.3 is 10.6 Å². The molecule has 2 aromatic heterocycles. The molecule has 1 saturated heterocycles. The minimum absolute atomic E-state index is 0.0330. The number of piperidine rings is 1. The fourth-order valence-corrected chi connectivity index (χ4v) is 4.26. The normalized spacial score (nSPS) is 15.5. The Bertz CT molecular complexity index is 1500. The highest BCUT2D eigenvalue weighted by Crippen LogP contribution is 2.28. The van der Waals surface area contributed by atoms with Crippen LogP contribution in [0.15, 0.2) is 48.8 Å². The zero-order chi connectivity index (χ0) is 22.8. The second-order valence-electron chi connectivity index (χ2n) is 7.98. The summed E-state index contributed by atoms with van der Waals surface area (Å²) in [5.41, 5.74) is 8.26. The van der Waals surface area contributed by atoms with E-state index in [0.29, 0.717) is 35.6 Å². The van der Waals surface area contributed by atoms with Gasteiger partial charge in [0.1, 0.15) is 17.8 Å². The van der Waals surface area contributed by atoms with Crippen LogP contribution < -0.4 is 5.73 Å². The molecule has 0 saturated carbocycles. The Morgan fingerprint density at radius 3 is 2.82 bits per heavy atom. The van der Waals surface area contributed by atoms with E-state index in [0.717, 1.165) is 23.8 Å². The SMILES string of the molecule is CC#CC(=O)N1CCC[C@@H](n2nc(C#Cc3ccc4ccccc4c3)c3c(N)ncnc32)C1. The molecule has 0 aliphatic carbocycles. The van der Waals surface area contributed by atoms with Crippen molar-refractivity contribution in [3.05, 3.63) is 60.0 Å². The summed E-state index contributed by atoms with van der Waals surface area (Å²) in [4.78, 5) is 22.7. The van der Waals surface area contributed by atoms with Crippen LogP contribution in [0.4, 0.5) is 5.82 Å². The maximum Gasteiger partial charge on any atom is 0.298 e. The van der Waals surface area contributed by atoms with E-state index >= 15 is 0 Å². The Hall–Kier alpha value is -4.36. The third-order valence-corrected chi connectivity index (χ3v) is 5.85. The number of nitrogens with zero attached hydrogens (tertiary/aromatic N) is 5. The smallest absolute Gasteiger partial charge is 0.298 e. The van der Waals surface area contributed by atoms with Crippen LogP contribution in [0.1, 0.15) is 37.1 Å². The number of amides is 1. The molecule has 0 radical (unpaired) electrons. The predicted molar refractivity (Wildman–Crippen MR) is 128 cm³/mol. The molecule has 33 heavy (non-hydrogen) atoms. The Morgan fingerprint density at radius 2 is 1.97 bits per heavy atom. The second-order valence-corrected chi connectivity index (χ2v) is 7.98. The van der Waals surface area contributed by atoms with E-state index in [1.807, 2.05) is 22.9 Å². The molecule has 7 nitrogen and oxygen atoms in total. The summed E-state index contributed by atoms with van der Waals surface area (Å²) in [7, 11) is 0. The molecule has 0 bridgehead atoms. The van der Waals surface area contributed by atoms with Gasteiger partial charge in [0, 0.05) is 18.7 Å². The number of carbonyl (C=O) groups is 1. The Labute approximate surface area is 191 Å². The van der Waals surface area contributed by atoms with Gasteiger partial charge in [0.15, 0.2) is 5.65 Å². The Morgan fingerprint density at radius 1 is 1.12 bits per heavy atom. The van der Waals surface area contributed by atoms with E-state index in [-0.39, 0.29) is 11.9 Å². The summed E-state index contributed by atoms with van der Waals surface area (Å²) in [5.74, 6) is 11.9. The van der Waals surface area contributed by atoms with E-state index < -0.39 is 0 Å². The molecule has 7 heteroatoms. The van der Waals surface area contributed by atoms with Crippen LogP contribution >= 0.6 is 0 Å². The number of nitrogen functional groups attached to an aromatic ring is 1. The zero-order valence-electron chi connectivity index (χ0n) is 18.2. The van der Waals surface area contributed by atoms with E-state index in [1.54, 1.807) is 11.8 Å². The molecule has 5 rings (SSSR count). The first-order valence-electron chi connectivity index (χ1n) is 10.8. The van der Waals surface area contributed by atoms with Crippen molar-refractivity contribution < 1.29 is 4.79 Å². The first-order chi connectivity index (χ1) is 16.1. The number of rotatable bonds is 1. The van der Waals surface area contributed by atoms with Crippen LogP contribution in [0.2, 0.25) is 0 Å². The van der Waals surface area contributed by atoms with Gasteiger partial charge in [-0.3, -0.25) is 4.79 Å². The first-order valence-corrected chi connectivity index (χ1v) is 10.8. The molecule has 0 unspecified atom stereocenters. The fourth-order valence-electron chi connectivity index (χ4n) is 4.26. The average molecular weight is 435 g/mol. The van der Waals surface area contributed by atoms with Gasteiger partial charge in [-0.2, -0.15) is 5.10 Å². The van der Waals surface area contributed by atoms with E-state index in [1.165, 1.54) is 11.7 Å². The average Bonchev–Trinajstić information content (AvgIpc) is 3.23.